The molecule has 1 heterocycles. The molecule has 6 heteroatoms. The fourth-order valence-electron chi connectivity index (χ4n) is 1.85. The lowest BCUT2D eigenvalue weighted by atomic mass is 10.2. The van der Waals surface area contributed by atoms with E-state index in [-0.39, 0.29) is 12.5 Å². The molecular weight excluding hydrogens is 302 g/mol. The molecule has 0 saturated carbocycles. The average Bonchev–Trinajstić information content (AvgIpc) is 3.05. The van der Waals surface area contributed by atoms with Gasteiger partial charge in [0.05, 0.1) is 13.7 Å². The zero-order chi connectivity index (χ0) is 15.9. The summed E-state index contributed by atoms with van der Waals surface area (Å²) < 4.78 is 10.7. The molecule has 2 rings (SSSR count). The zero-order valence-electron chi connectivity index (χ0n) is 12.4. The molecule has 0 fully saturated rings. The van der Waals surface area contributed by atoms with Crippen molar-refractivity contribution in [2.75, 3.05) is 20.8 Å². The van der Waals surface area contributed by atoms with E-state index < -0.39 is 0 Å². The first-order chi connectivity index (χ1) is 10.6. The number of ether oxygens (including phenoxy) is 2. The Kier molecular flexibility index (Phi) is 5.55. The van der Waals surface area contributed by atoms with Crippen LogP contribution in [0.4, 0.5) is 0 Å². The molecule has 2 aromatic rings. The maximum atomic E-state index is 12.1. The molecule has 0 unspecified atom stereocenters. The fourth-order valence-corrected chi connectivity index (χ4v) is 2.61. The monoisotopic (exact) mass is 319 g/mol. The molecule has 0 aliphatic rings. The first kappa shape index (κ1) is 16.0. The Morgan fingerprint density at radius 3 is 2.77 bits per heavy atom. The fraction of sp³-hybridized carbons (Fsp3) is 0.250. The molecule has 0 radical (unpaired) electrons. The summed E-state index contributed by atoms with van der Waals surface area (Å²) in [4.78, 5) is 25.6. The second kappa shape index (κ2) is 7.61. The van der Waals surface area contributed by atoms with E-state index in [1.807, 2.05) is 17.5 Å². The zero-order valence-corrected chi connectivity index (χ0v) is 13.3. The van der Waals surface area contributed by atoms with Gasteiger partial charge in [-0.2, -0.15) is 0 Å². The number of methoxy groups -OCH3 is 1. The molecule has 22 heavy (non-hydrogen) atoms. The van der Waals surface area contributed by atoms with Gasteiger partial charge < -0.3 is 14.4 Å². The van der Waals surface area contributed by atoms with Crippen LogP contribution in [-0.2, 0) is 11.3 Å². The number of nitrogens with zero attached hydrogens (tertiary/aromatic N) is 1. The third kappa shape index (κ3) is 4.08. The molecule has 1 aromatic heterocycles. The van der Waals surface area contributed by atoms with Crippen LogP contribution in [0.25, 0.3) is 0 Å². The van der Waals surface area contributed by atoms with E-state index in [1.165, 1.54) is 7.11 Å². The molecule has 0 saturated heterocycles. The van der Waals surface area contributed by atoms with E-state index in [1.54, 1.807) is 41.5 Å². The minimum absolute atomic E-state index is 0.111. The normalized spacial score (nSPS) is 10.1. The number of carbonyl (C=O) groups excluding carboxylic acids is 2. The van der Waals surface area contributed by atoms with Gasteiger partial charge in [0.2, 0.25) is 0 Å². The summed E-state index contributed by atoms with van der Waals surface area (Å²) in [5.74, 6) is 0.719. The summed E-state index contributed by atoms with van der Waals surface area (Å²) in [7, 11) is 3.23. The van der Waals surface area contributed by atoms with E-state index in [0.717, 1.165) is 11.2 Å². The molecule has 116 valence electrons. The topological polar surface area (TPSA) is 55.8 Å². The highest BCUT2D eigenvalue weighted by molar-refractivity contribution is 7.09. The first-order valence-electron chi connectivity index (χ1n) is 6.66. The second-order valence-electron chi connectivity index (χ2n) is 4.65. The van der Waals surface area contributed by atoms with E-state index in [4.69, 9.17) is 9.47 Å². The van der Waals surface area contributed by atoms with Crippen molar-refractivity contribution in [1.82, 2.24) is 4.90 Å². The summed E-state index contributed by atoms with van der Waals surface area (Å²) in [5.41, 5.74) is 0.468. The Morgan fingerprint density at radius 2 is 2.14 bits per heavy atom. The van der Waals surface area contributed by atoms with Crippen molar-refractivity contribution in [2.45, 2.75) is 6.54 Å². The number of thiophene rings is 1. The predicted octanol–water partition coefficient (Wildman–Crippen LogP) is 2.61. The van der Waals surface area contributed by atoms with Crippen LogP contribution in [0.3, 0.4) is 0 Å². The lowest BCUT2D eigenvalue weighted by Crippen LogP contribution is -2.30. The van der Waals surface area contributed by atoms with Crippen LogP contribution in [0.5, 0.6) is 11.5 Å². The number of carbonyl (C=O) groups is 2. The van der Waals surface area contributed by atoms with E-state index in [9.17, 15) is 9.59 Å². The van der Waals surface area contributed by atoms with E-state index in [0.29, 0.717) is 23.6 Å². The van der Waals surface area contributed by atoms with Crippen molar-refractivity contribution in [3.05, 3.63) is 46.2 Å². The molecule has 1 amide bonds. The highest BCUT2D eigenvalue weighted by Crippen LogP contribution is 2.27. The number of aldehydes is 1. The van der Waals surface area contributed by atoms with Gasteiger partial charge in [0.1, 0.15) is 6.29 Å². The van der Waals surface area contributed by atoms with Crippen LogP contribution in [0.15, 0.2) is 35.7 Å². The molecule has 0 bridgehead atoms. The minimum Gasteiger partial charge on any atom is -0.493 e. The number of benzene rings is 1. The number of amides is 1. The minimum atomic E-state index is -0.146. The summed E-state index contributed by atoms with van der Waals surface area (Å²) in [5, 5.41) is 1.97. The second-order valence-corrected chi connectivity index (χ2v) is 5.68. The van der Waals surface area contributed by atoms with Gasteiger partial charge in [-0.3, -0.25) is 9.59 Å². The number of likely N-dealkylation sites (N-methyl/N-ethyl adjacent to an activating group) is 1. The maximum absolute atomic E-state index is 12.1. The van der Waals surface area contributed by atoms with Crippen LogP contribution >= 0.6 is 11.3 Å². The Hall–Kier alpha value is -2.34. The Morgan fingerprint density at radius 1 is 1.32 bits per heavy atom. The molecule has 5 nitrogen and oxygen atoms in total. The van der Waals surface area contributed by atoms with Crippen LogP contribution in [0.1, 0.15) is 15.2 Å². The standard InChI is InChI=1S/C16H17NO4S/c1-17(9-13-4-3-7-22-13)16(19)11-21-15-8-12(10-18)5-6-14(15)20-2/h3-8,10H,9,11H2,1-2H3. The predicted molar refractivity (Wildman–Crippen MR) is 84.7 cm³/mol. The van der Waals surface area contributed by atoms with Crippen molar-refractivity contribution in [1.29, 1.82) is 0 Å². The van der Waals surface area contributed by atoms with Gasteiger partial charge in [-0.25, -0.2) is 0 Å². The highest BCUT2D eigenvalue weighted by Gasteiger charge is 2.13. The van der Waals surface area contributed by atoms with Gasteiger partial charge in [0, 0.05) is 17.5 Å². The van der Waals surface area contributed by atoms with Gasteiger partial charge in [-0.05, 0) is 29.6 Å². The lowest BCUT2D eigenvalue weighted by molar-refractivity contribution is -0.132. The molecule has 0 atom stereocenters. The van der Waals surface area contributed by atoms with Gasteiger partial charge >= 0.3 is 0 Å². The summed E-state index contributed by atoms with van der Waals surface area (Å²) in [6.07, 6.45) is 0.719. The van der Waals surface area contributed by atoms with Crippen LogP contribution < -0.4 is 9.47 Å². The van der Waals surface area contributed by atoms with Crippen LogP contribution in [0, 0.1) is 0 Å². The van der Waals surface area contributed by atoms with Crippen molar-refractivity contribution in [3.63, 3.8) is 0 Å². The number of rotatable bonds is 7. The third-order valence-corrected chi connectivity index (χ3v) is 3.93. The Bertz CT molecular complexity index is 640. The summed E-state index contributed by atoms with van der Waals surface area (Å²) >= 11 is 1.60. The molecule has 0 aliphatic heterocycles. The smallest absolute Gasteiger partial charge is 0.260 e. The van der Waals surface area contributed by atoms with Crippen molar-refractivity contribution >= 4 is 23.5 Å². The Labute approximate surface area is 133 Å². The van der Waals surface area contributed by atoms with E-state index in [2.05, 4.69) is 0 Å². The lowest BCUT2D eigenvalue weighted by Gasteiger charge is -2.17. The quantitative estimate of drug-likeness (QED) is 0.736. The SMILES string of the molecule is COc1ccc(C=O)cc1OCC(=O)N(C)Cc1cccs1. The largest absolute Gasteiger partial charge is 0.493 e. The molecular formula is C16H17NO4S. The summed E-state index contributed by atoms with van der Waals surface area (Å²) in [6, 6.07) is 8.75. The van der Waals surface area contributed by atoms with E-state index >= 15 is 0 Å². The summed E-state index contributed by atoms with van der Waals surface area (Å²) in [6.45, 7) is 0.436. The van der Waals surface area contributed by atoms with Crippen molar-refractivity contribution in [3.8, 4) is 11.5 Å². The number of hydrogen-bond donors (Lipinski definition) is 0. The molecule has 0 aliphatic carbocycles. The molecule has 0 N–H and O–H groups in total. The van der Waals surface area contributed by atoms with Crippen molar-refractivity contribution in [2.24, 2.45) is 0 Å². The first-order valence-corrected chi connectivity index (χ1v) is 7.54. The van der Waals surface area contributed by atoms with Crippen LogP contribution in [-0.4, -0.2) is 37.9 Å². The molecule has 0 spiro atoms. The Balaban J connectivity index is 1.96. The average molecular weight is 319 g/mol. The molecule has 1 aromatic carbocycles. The van der Waals surface area contributed by atoms with Crippen molar-refractivity contribution < 1.29 is 19.1 Å². The highest BCUT2D eigenvalue weighted by atomic mass is 32.1. The third-order valence-electron chi connectivity index (χ3n) is 3.07. The van der Waals surface area contributed by atoms with Gasteiger partial charge in [0.25, 0.3) is 5.91 Å². The van der Waals surface area contributed by atoms with Crippen LogP contribution in [0.2, 0.25) is 0 Å². The maximum Gasteiger partial charge on any atom is 0.260 e. The van der Waals surface area contributed by atoms with Gasteiger partial charge in [-0.1, -0.05) is 6.07 Å². The number of hydrogen-bond acceptors (Lipinski definition) is 5. The van der Waals surface area contributed by atoms with Gasteiger partial charge in [-0.15, -0.1) is 11.3 Å². The van der Waals surface area contributed by atoms with Gasteiger partial charge in [0.15, 0.2) is 18.1 Å².